The van der Waals surface area contributed by atoms with Gasteiger partial charge in [-0.1, -0.05) is 41.9 Å². The molecule has 2 amide bonds. The molecule has 2 fully saturated rings. The van der Waals surface area contributed by atoms with E-state index in [1.807, 2.05) is 43.3 Å². The molecule has 2 N–H and O–H groups in total. The number of nitrogens with one attached hydrogen (secondary N) is 2. The summed E-state index contributed by atoms with van der Waals surface area (Å²) in [5.74, 6) is -1.24. The van der Waals surface area contributed by atoms with Gasteiger partial charge in [-0.25, -0.2) is 0 Å². The van der Waals surface area contributed by atoms with Crippen LogP contribution < -0.4 is 15.4 Å². The second kappa shape index (κ2) is 7.91. The molecular formula is C30H26ClN3O4. The number of hydrogen-bond donors (Lipinski definition) is 2. The molecule has 0 aliphatic carbocycles. The normalized spacial score (nSPS) is 28.8. The number of anilines is 2. The predicted octanol–water partition coefficient (Wildman–Crippen LogP) is 4.67. The zero-order valence-electron chi connectivity index (χ0n) is 21.0. The SMILES string of the molecule is COc1ccccc1C(=O)[C@@H]1[C@@H]2CCCN2[C@]2(C(=O)Nc3c(C)cc(Cl)cc32)[C@@]12C(=O)Nc1ccccc12. The fourth-order valence-electron chi connectivity index (χ4n) is 7.83. The van der Waals surface area contributed by atoms with Gasteiger partial charge in [-0.05, 0) is 67.8 Å². The zero-order chi connectivity index (χ0) is 26.4. The number of fused-ring (bicyclic) bond motifs is 7. The van der Waals surface area contributed by atoms with Gasteiger partial charge in [0.1, 0.15) is 16.7 Å². The molecule has 38 heavy (non-hydrogen) atoms. The number of carbonyl (C=O) groups is 3. The van der Waals surface area contributed by atoms with Crippen molar-refractivity contribution in [1.82, 2.24) is 4.90 Å². The summed E-state index contributed by atoms with van der Waals surface area (Å²) >= 11 is 6.61. The van der Waals surface area contributed by atoms with E-state index in [0.29, 0.717) is 51.8 Å². The summed E-state index contributed by atoms with van der Waals surface area (Å²) in [4.78, 5) is 45.9. The molecule has 0 bridgehead atoms. The van der Waals surface area contributed by atoms with Crippen LogP contribution in [0.2, 0.25) is 5.02 Å². The van der Waals surface area contributed by atoms with Crippen LogP contribution in [-0.4, -0.2) is 42.2 Å². The van der Waals surface area contributed by atoms with Gasteiger partial charge >= 0.3 is 0 Å². The molecule has 3 aromatic carbocycles. The molecule has 192 valence electrons. The second-order valence-electron chi connectivity index (χ2n) is 10.6. The van der Waals surface area contributed by atoms with Crippen molar-refractivity contribution in [2.24, 2.45) is 5.92 Å². The Morgan fingerprint density at radius 2 is 1.79 bits per heavy atom. The third-order valence-corrected chi connectivity index (χ3v) is 9.24. The number of rotatable bonds is 3. The molecule has 7 nitrogen and oxygen atoms in total. The van der Waals surface area contributed by atoms with E-state index in [9.17, 15) is 14.4 Å². The van der Waals surface area contributed by atoms with Gasteiger partial charge in [0, 0.05) is 28.0 Å². The van der Waals surface area contributed by atoms with E-state index >= 15 is 0 Å². The molecule has 4 atom stereocenters. The van der Waals surface area contributed by atoms with E-state index in [0.717, 1.165) is 12.0 Å². The van der Waals surface area contributed by atoms with Gasteiger partial charge in [0.25, 0.3) is 5.91 Å². The number of aryl methyl sites for hydroxylation is 1. The van der Waals surface area contributed by atoms with Crippen LogP contribution in [0.25, 0.3) is 0 Å². The fourth-order valence-corrected chi connectivity index (χ4v) is 8.10. The van der Waals surface area contributed by atoms with E-state index < -0.39 is 16.9 Å². The molecule has 4 aliphatic rings. The first-order valence-corrected chi connectivity index (χ1v) is 13.2. The number of ether oxygens (including phenoxy) is 1. The maximum Gasteiger partial charge on any atom is 0.251 e. The number of halogens is 1. The maximum absolute atomic E-state index is 14.7. The zero-order valence-corrected chi connectivity index (χ0v) is 21.8. The number of Topliss-reactive ketones (excluding diaryl/α,β-unsaturated/α-hetero) is 1. The summed E-state index contributed by atoms with van der Waals surface area (Å²) in [6.45, 7) is 2.48. The summed E-state index contributed by atoms with van der Waals surface area (Å²) in [6.07, 6.45) is 1.50. The highest BCUT2D eigenvalue weighted by molar-refractivity contribution is 6.31. The van der Waals surface area contributed by atoms with Gasteiger partial charge in [-0.15, -0.1) is 0 Å². The smallest absolute Gasteiger partial charge is 0.251 e. The van der Waals surface area contributed by atoms with E-state index in [-0.39, 0.29) is 23.6 Å². The molecule has 7 rings (SSSR count). The van der Waals surface area contributed by atoms with E-state index in [4.69, 9.17) is 16.3 Å². The molecule has 0 saturated carbocycles. The number of methoxy groups -OCH3 is 1. The fraction of sp³-hybridized carbons (Fsp3) is 0.300. The summed E-state index contributed by atoms with van der Waals surface area (Å²) < 4.78 is 5.58. The van der Waals surface area contributed by atoms with Crippen LogP contribution in [0, 0.1) is 12.8 Å². The van der Waals surface area contributed by atoms with Gasteiger partial charge in [0.05, 0.1) is 18.6 Å². The topological polar surface area (TPSA) is 87.7 Å². The van der Waals surface area contributed by atoms with Crippen LogP contribution in [0.15, 0.2) is 60.7 Å². The van der Waals surface area contributed by atoms with Crippen LogP contribution in [0.3, 0.4) is 0 Å². The van der Waals surface area contributed by atoms with E-state index in [1.54, 1.807) is 24.3 Å². The van der Waals surface area contributed by atoms with Crippen molar-refractivity contribution in [1.29, 1.82) is 0 Å². The van der Waals surface area contributed by atoms with Gasteiger partial charge in [0.15, 0.2) is 5.78 Å². The minimum absolute atomic E-state index is 0.205. The number of ketones is 1. The number of para-hydroxylation sites is 2. The van der Waals surface area contributed by atoms with Crippen LogP contribution >= 0.6 is 11.6 Å². The predicted molar refractivity (Wildman–Crippen MR) is 144 cm³/mol. The molecule has 3 aromatic rings. The molecule has 0 radical (unpaired) electrons. The Kier molecular flexibility index (Phi) is 4.88. The molecule has 2 spiro atoms. The second-order valence-corrected chi connectivity index (χ2v) is 11.0. The molecule has 4 heterocycles. The highest BCUT2D eigenvalue weighted by Crippen LogP contribution is 2.68. The van der Waals surface area contributed by atoms with Crippen molar-refractivity contribution in [2.75, 3.05) is 24.3 Å². The quantitative estimate of drug-likeness (QED) is 0.483. The molecule has 0 aromatic heterocycles. The van der Waals surface area contributed by atoms with E-state index in [1.165, 1.54) is 7.11 Å². The van der Waals surface area contributed by atoms with Crippen molar-refractivity contribution in [3.8, 4) is 5.75 Å². The Bertz CT molecular complexity index is 1570. The van der Waals surface area contributed by atoms with Crippen molar-refractivity contribution in [3.05, 3.63) is 87.9 Å². The van der Waals surface area contributed by atoms with Crippen molar-refractivity contribution >= 4 is 40.6 Å². The van der Waals surface area contributed by atoms with Gasteiger partial charge in [-0.3, -0.25) is 19.3 Å². The first kappa shape index (κ1) is 23.4. The summed E-state index contributed by atoms with van der Waals surface area (Å²) in [7, 11) is 1.53. The Morgan fingerprint density at radius 3 is 2.61 bits per heavy atom. The Labute approximate surface area is 225 Å². The Balaban J connectivity index is 1.61. The van der Waals surface area contributed by atoms with Crippen LogP contribution in [0.5, 0.6) is 5.75 Å². The third kappa shape index (κ3) is 2.56. The molecule has 0 unspecified atom stereocenters. The molecule has 4 aliphatic heterocycles. The minimum Gasteiger partial charge on any atom is -0.496 e. The van der Waals surface area contributed by atoms with Crippen LogP contribution in [-0.2, 0) is 20.5 Å². The van der Waals surface area contributed by atoms with Crippen LogP contribution in [0.4, 0.5) is 11.4 Å². The van der Waals surface area contributed by atoms with Crippen molar-refractivity contribution in [2.45, 2.75) is 36.8 Å². The summed E-state index contributed by atoms with van der Waals surface area (Å²) in [6, 6.07) is 17.8. The van der Waals surface area contributed by atoms with Crippen molar-refractivity contribution < 1.29 is 19.1 Å². The highest BCUT2D eigenvalue weighted by atomic mass is 35.5. The molecular weight excluding hydrogens is 502 g/mol. The molecule has 2 saturated heterocycles. The summed E-state index contributed by atoms with van der Waals surface area (Å²) in [5.41, 5.74) is 0.853. The third-order valence-electron chi connectivity index (χ3n) is 9.02. The number of nitrogens with zero attached hydrogens (tertiary/aromatic N) is 1. The Hall–Kier alpha value is -3.68. The van der Waals surface area contributed by atoms with Gasteiger partial charge < -0.3 is 15.4 Å². The van der Waals surface area contributed by atoms with Gasteiger partial charge in [0.2, 0.25) is 5.91 Å². The highest BCUT2D eigenvalue weighted by Gasteiger charge is 2.81. The maximum atomic E-state index is 14.7. The first-order valence-electron chi connectivity index (χ1n) is 12.8. The van der Waals surface area contributed by atoms with Crippen LogP contribution in [0.1, 0.15) is 39.9 Å². The number of carbonyl (C=O) groups excluding carboxylic acids is 3. The molecule has 8 heteroatoms. The summed E-state index contributed by atoms with van der Waals surface area (Å²) in [5, 5.41) is 6.64. The Morgan fingerprint density at radius 1 is 1.03 bits per heavy atom. The lowest BCUT2D eigenvalue weighted by molar-refractivity contribution is -0.137. The standard InChI is InChI=1S/C30H26ClN3O4/c1-16-14-17(31)15-20-25(16)33-28(37)30(20)29(19-9-4-5-10-21(19)32-27(29)36)24(22-11-7-13-34(22)30)26(35)18-8-3-6-12-23(18)38-2/h3-6,8-10,12,14-15,22,24H,7,11,13H2,1-2H3,(H,32,36)(H,33,37)/t22-,24-,29+,30+/m0/s1. The average Bonchev–Trinajstić information content (AvgIpc) is 3.63. The number of hydrogen-bond acceptors (Lipinski definition) is 5. The van der Waals surface area contributed by atoms with Gasteiger partial charge in [-0.2, -0.15) is 0 Å². The van der Waals surface area contributed by atoms with E-state index in [2.05, 4.69) is 15.5 Å². The van der Waals surface area contributed by atoms with Crippen molar-refractivity contribution in [3.63, 3.8) is 0 Å². The average molecular weight is 528 g/mol. The lowest BCUT2D eigenvalue weighted by Crippen LogP contribution is -2.62. The first-order chi connectivity index (χ1) is 18.4. The number of benzene rings is 3. The number of amides is 2. The lowest BCUT2D eigenvalue weighted by atomic mass is 9.57. The lowest BCUT2D eigenvalue weighted by Gasteiger charge is -2.43. The largest absolute Gasteiger partial charge is 0.496 e. The monoisotopic (exact) mass is 527 g/mol. The minimum atomic E-state index is -1.51.